The largest absolute Gasteiger partial charge is 0.477 e. The Kier molecular flexibility index (Phi) is 38.5. The minimum Gasteiger partial charge on any atom is -0.477 e. The molecule has 0 fully saturated rings. The van der Waals surface area contributed by atoms with Crippen LogP contribution in [-0.2, 0) is 33.3 Å². The summed E-state index contributed by atoms with van der Waals surface area (Å²) >= 11 is 0. The van der Waals surface area contributed by atoms with E-state index in [-0.39, 0.29) is 32.2 Å². The summed E-state index contributed by atoms with van der Waals surface area (Å²) in [5, 5.41) is 9.62. The third-order valence-corrected chi connectivity index (χ3v) is 9.90. The Hall–Kier alpha value is -2.49. The van der Waals surface area contributed by atoms with Gasteiger partial charge in [-0.15, -0.1) is 0 Å². The number of esters is 2. The number of quaternary nitrogens is 1. The number of aliphatic carboxylic acids is 1. The number of carbonyl (C=O) groups is 3. The van der Waals surface area contributed by atoms with E-state index in [0.717, 1.165) is 57.8 Å². The van der Waals surface area contributed by atoms with E-state index < -0.39 is 24.3 Å². The van der Waals surface area contributed by atoms with Crippen LogP contribution < -0.4 is 0 Å². The third kappa shape index (κ3) is 41.5. The van der Waals surface area contributed by atoms with Crippen LogP contribution in [0.25, 0.3) is 0 Å². The summed E-state index contributed by atoms with van der Waals surface area (Å²) in [4.78, 5) is 37.0. The quantitative estimate of drug-likeness (QED) is 0.0214. The first-order chi connectivity index (χ1) is 27.6. The molecule has 332 valence electrons. The van der Waals surface area contributed by atoms with Gasteiger partial charge in [-0.2, -0.15) is 0 Å². The van der Waals surface area contributed by atoms with Gasteiger partial charge in [-0.3, -0.25) is 9.59 Å². The van der Waals surface area contributed by atoms with Gasteiger partial charge in [0.05, 0.1) is 34.4 Å². The molecule has 0 aliphatic carbocycles. The Morgan fingerprint density at radius 3 is 1.40 bits per heavy atom. The van der Waals surface area contributed by atoms with Crippen LogP contribution in [0.15, 0.2) is 36.5 Å². The van der Waals surface area contributed by atoms with Crippen molar-refractivity contribution in [3.63, 3.8) is 0 Å². The smallest absolute Gasteiger partial charge is 0.361 e. The number of rotatable bonds is 42. The van der Waals surface area contributed by atoms with Crippen LogP contribution in [0.2, 0.25) is 0 Å². The van der Waals surface area contributed by atoms with Crippen molar-refractivity contribution in [1.29, 1.82) is 0 Å². The lowest BCUT2D eigenvalue weighted by atomic mass is 10.1. The topological polar surface area (TPSA) is 108 Å². The molecule has 0 aromatic heterocycles. The van der Waals surface area contributed by atoms with Gasteiger partial charge in [0, 0.05) is 12.8 Å². The predicted octanol–water partition coefficient (Wildman–Crippen LogP) is 12.2. The van der Waals surface area contributed by atoms with Crippen LogP contribution in [0.1, 0.15) is 194 Å². The van der Waals surface area contributed by atoms with Gasteiger partial charge < -0.3 is 28.5 Å². The fraction of sp³-hybridized carbons (Fsp3) is 0.812. The van der Waals surface area contributed by atoms with E-state index in [9.17, 15) is 19.5 Å². The second-order valence-corrected chi connectivity index (χ2v) is 16.7. The van der Waals surface area contributed by atoms with E-state index in [0.29, 0.717) is 23.9 Å². The maximum atomic E-state index is 12.8. The molecule has 0 aliphatic heterocycles. The number of unbranched alkanes of at least 4 members (excludes halogenated alkanes) is 21. The zero-order chi connectivity index (χ0) is 42.1. The van der Waals surface area contributed by atoms with Crippen LogP contribution in [0.4, 0.5) is 0 Å². The first-order valence-corrected chi connectivity index (χ1v) is 23.2. The van der Waals surface area contributed by atoms with Gasteiger partial charge in [0.15, 0.2) is 6.10 Å². The second-order valence-electron chi connectivity index (χ2n) is 16.7. The van der Waals surface area contributed by atoms with Crippen LogP contribution in [0.3, 0.4) is 0 Å². The maximum Gasteiger partial charge on any atom is 0.361 e. The second kappa shape index (κ2) is 40.3. The summed E-state index contributed by atoms with van der Waals surface area (Å²) in [6.07, 6.45) is 42.1. The summed E-state index contributed by atoms with van der Waals surface area (Å²) in [7, 11) is 5.95. The van der Waals surface area contributed by atoms with E-state index >= 15 is 0 Å². The van der Waals surface area contributed by atoms with E-state index in [2.05, 4.69) is 50.3 Å². The van der Waals surface area contributed by atoms with Gasteiger partial charge in [-0.1, -0.05) is 166 Å². The van der Waals surface area contributed by atoms with E-state index in [1.54, 1.807) is 0 Å². The van der Waals surface area contributed by atoms with E-state index in [4.69, 9.17) is 18.9 Å². The molecule has 0 aliphatic rings. The average molecular weight is 807 g/mol. The lowest BCUT2D eigenvalue weighted by molar-refractivity contribution is -0.870. The number of allylic oxidation sites excluding steroid dienone is 6. The Morgan fingerprint density at radius 2 is 0.947 bits per heavy atom. The zero-order valence-electron chi connectivity index (χ0n) is 37.5. The first kappa shape index (κ1) is 54.5. The Bertz CT molecular complexity index is 1030. The normalized spacial score (nSPS) is 13.2. The fourth-order valence-electron chi connectivity index (χ4n) is 6.25. The number of carboxylic acids is 1. The number of hydrogen-bond acceptors (Lipinski definition) is 7. The lowest BCUT2D eigenvalue weighted by Crippen LogP contribution is -2.40. The molecule has 9 nitrogen and oxygen atoms in total. The van der Waals surface area contributed by atoms with Gasteiger partial charge in [-0.05, 0) is 51.4 Å². The van der Waals surface area contributed by atoms with E-state index in [1.165, 1.54) is 103 Å². The van der Waals surface area contributed by atoms with Gasteiger partial charge in [0.1, 0.15) is 13.2 Å². The minimum absolute atomic E-state index is 0.183. The van der Waals surface area contributed by atoms with Crippen molar-refractivity contribution in [3.8, 4) is 0 Å². The molecule has 0 aromatic rings. The van der Waals surface area contributed by atoms with Crippen molar-refractivity contribution in [3.05, 3.63) is 36.5 Å². The van der Waals surface area contributed by atoms with Crippen molar-refractivity contribution in [2.75, 3.05) is 47.5 Å². The molecule has 0 rings (SSSR count). The molecule has 0 radical (unpaired) electrons. The van der Waals surface area contributed by atoms with Crippen LogP contribution >= 0.6 is 0 Å². The summed E-state index contributed by atoms with van der Waals surface area (Å²) in [6, 6.07) is 0. The van der Waals surface area contributed by atoms with Crippen LogP contribution in [0, 0.1) is 0 Å². The summed E-state index contributed by atoms with van der Waals surface area (Å²) in [5.41, 5.74) is 0. The molecular formula is C48H88NO8+. The van der Waals surface area contributed by atoms with Crippen LogP contribution in [-0.4, -0.2) is 87.4 Å². The zero-order valence-corrected chi connectivity index (χ0v) is 37.5. The molecular weight excluding hydrogens is 719 g/mol. The molecule has 9 heteroatoms. The predicted molar refractivity (Wildman–Crippen MR) is 235 cm³/mol. The molecule has 0 saturated carbocycles. The molecule has 1 N–H and O–H groups in total. The van der Waals surface area contributed by atoms with Crippen molar-refractivity contribution < 1.29 is 42.9 Å². The highest BCUT2D eigenvalue weighted by atomic mass is 16.7. The summed E-state index contributed by atoms with van der Waals surface area (Å²) < 4.78 is 22.7. The molecule has 2 unspecified atom stereocenters. The number of carbonyl (C=O) groups excluding carboxylic acids is 2. The Balaban J connectivity index is 4.32. The monoisotopic (exact) mass is 807 g/mol. The Morgan fingerprint density at radius 1 is 0.526 bits per heavy atom. The molecule has 0 aromatic carbocycles. The van der Waals surface area contributed by atoms with Crippen molar-refractivity contribution >= 4 is 17.9 Å². The van der Waals surface area contributed by atoms with Crippen molar-refractivity contribution in [2.45, 2.75) is 206 Å². The SMILES string of the molecule is CCCCCCC/C=C\C/C=C\C/C=C\CCCCCCCCCCC(=O)OC(COC(=O)CCCCCCCCCCC)COC(OCC[N+](C)(C)C)C(=O)O. The van der Waals surface area contributed by atoms with Gasteiger partial charge in [0.25, 0.3) is 6.29 Å². The van der Waals surface area contributed by atoms with Gasteiger partial charge >= 0.3 is 17.9 Å². The third-order valence-electron chi connectivity index (χ3n) is 9.90. The standard InChI is InChI=1S/C48H87NO8/c1-6-8-10-12-14-16-17-18-19-20-21-22-23-24-25-26-27-28-29-31-33-35-37-39-46(51)57-44(43-56-48(47(52)53)54-41-40-49(3,4)5)42-55-45(50)38-36-34-32-30-15-13-11-9-7-2/h17-18,20-21,23-24,44,48H,6-16,19,22,25-43H2,1-5H3/p+1/b18-17-,21-20-,24-23-. The number of ether oxygens (including phenoxy) is 4. The van der Waals surface area contributed by atoms with Gasteiger partial charge in [-0.25, -0.2) is 4.79 Å². The van der Waals surface area contributed by atoms with Crippen molar-refractivity contribution in [2.24, 2.45) is 0 Å². The number of nitrogens with zero attached hydrogens (tertiary/aromatic N) is 1. The fourth-order valence-corrected chi connectivity index (χ4v) is 6.25. The summed E-state index contributed by atoms with van der Waals surface area (Å²) in [6.45, 7) is 4.83. The number of hydrogen-bond donors (Lipinski definition) is 1. The molecule has 0 saturated heterocycles. The molecule has 0 bridgehead atoms. The minimum atomic E-state index is -1.51. The highest BCUT2D eigenvalue weighted by Crippen LogP contribution is 2.14. The van der Waals surface area contributed by atoms with Crippen LogP contribution in [0.5, 0.6) is 0 Å². The van der Waals surface area contributed by atoms with E-state index in [1.807, 2.05) is 21.1 Å². The molecule has 0 spiro atoms. The Labute approximate surface area is 350 Å². The highest BCUT2D eigenvalue weighted by Gasteiger charge is 2.25. The lowest BCUT2D eigenvalue weighted by Gasteiger charge is -2.25. The summed E-state index contributed by atoms with van der Waals surface area (Å²) in [5.74, 6) is -2.02. The molecule has 2 atom stereocenters. The maximum absolute atomic E-state index is 12.8. The molecule has 0 heterocycles. The van der Waals surface area contributed by atoms with Gasteiger partial charge in [0.2, 0.25) is 0 Å². The molecule has 57 heavy (non-hydrogen) atoms. The highest BCUT2D eigenvalue weighted by molar-refractivity contribution is 5.71. The first-order valence-electron chi connectivity index (χ1n) is 23.2. The number of carboxylic acid groups (broad SMARTS) is 1. The average Bonchev–Trinajstić information content (AvgIpc) is 3.17. The van der Waals surface area contributed by atoms with Crippen molar-refractivity contribution in [1.82, 2.24) is 0 Å². The molecule has 0 amide bonds. The number of likely N-dealkylation sites (N-methyl/N-ethyl adjacent to an activating group) is 1.